The molecule has 2 aliphatic rings. The van der Waals surface area contributed by atoms with Crippen molar-refractivity contribution >= 4 is 17.2 Å². The highest BCUT2D eigenvalue weighted by Crippen LogP contribution is 2.57. The van der Waals surface area contributed by atoms with Crippen molar-refractivity contribution in [1.82, 2.24) is 0 Å². The van der Waals surface area contributed by atoms with Crippen LogP contribution in [0.4, 0.5) is 5.69 Å². The molecular formula is C29H39NO4. The first-order chi connectivity index (χ1) is 16.2. The maximum Gasteiger partial charge on any atom is 0.328 e. The Morgan fingerprint density at radius 3 is 2.26 bits per heavy atom. The summed E-state index contributed by atoms with van der Waals surface area (Å²) in [5, 5.41) is 21.6. The highest BCUT2D eigenvalue weighted by Gasteiger charge is 2.49. The van der Waals surface area contributed by atoms with E-state index in [0.29, 0.717) is 11.3 Å². The zero-order chi connectivity index (χ0) is 25.1. The first-order valence-electron chi connectivity index (χ1n) is 12.8. The molecule has 0 amide bonds. The minimum absolute atomic E-state index is 0.0256. The van der Waals surface area contributed by atoms with E-state index in [1.165, 1.54) is 11.6 Å². The molecule has 34 heavy (non-hydrogen) atoms. The maximum absolute atomic E-state index is 12.7. The summed E-state index contributed by atoms with van der Waals surface area (Å²) in [6.07, 6.45) is 15.2. The van der Waals surface area contributed by atoms with Gasteiger partial charge in [-0.25, -0.2) is 4.79 Å². The van der Waals surface area contributed by atoms with Gasteiger partial charge in [-0.15, -0.1) is 0 Å². The molecule has 1 N–H and O–H groups in total. The number of carbonyl (C=O) groups is 1. The third kappa shape index (κ3) is 4.49. The summed E-state index contributed by atoms with van der Waals surface area (Å²) in [7, 11) is 0. The minimum Gasteiger partial charge on any atom is -0.478 e. The lowest BCUT2D eigenvalue weighted by Crippen LogP contribution is -2.41. The van der Waals surface area contributed by atoms with Crippen LogP contribution in [0, 0.1) is 10.1 Å². The molecular weight excluding hydrogens is 426 g/mol. The number of nitro groups is 1. The van der Waals surface area contributed by atoms with Crippen LogP contribution in [0.1, 0.15) is 108 Å². The molecule has 3 rings (SSSR count). The second-order valence-electron chi connectivity index (χ2n) is 10.0. The molecule has 184 valence electrons. The topological polar surface area (TPSA) is 80.4 Å². The van der Waals surface area contributed by atoms with E-state index in [1.54, 1.807) is 13.0 Å². The number of allylic oxidation sites excluding steroid dienone is 5. The van der Waals surface area contributed by atoms with Crippen LogP contribution in [-0.4, -0.2) is 16.0 Å². The molecule has 0 unspecified atom stereocenters. The fraction of sp³-hybridized carbons (Fsp3) is 0.552. The van der Waals surface area contributed by atoms with E-state index in [2.05, 4.69) is 33.8 Å². The van der Waals surface area contributed by atoms with Crippen molar-refractivity contribution in [1.29, 1.82) is 0 Å². The van der Waals surface area contributed by atoms with Crippen molar-refractivity contribution < 1.29 is 14.8 Å². The van der Waals surface area contributed by atoms with E-state index in [-0.39, 0.29) is 15.8 Å². The third-order valence-electron chi connectivity index (χ3n) is 8.71. The molecule has 1 aromatic rings. The van der Waals surface area contributed by atoms with Gasteiger partial charge in [-0.2, -0.15) is 0 Å². The van der Waals surface area contributed by atoms with Crippen molar-refractivity contribution in [3.8, 4) is 0 Å². The van der Waals surface area contributed by atoms with Gasteiger partial charge in [0.25, 0.3) is 5.69 Å². The number of fused-ring (bicyclic) bond motifs is 2. The van der Waals surface area contributed by atoms with Crippen molar-refractivity contribution in [2.45, 2.75) is 103 Å². The lowest BCUT2D eigenvalue weighted by molar-refractivity contribution is -0.387. The monoisotopic (exact) mass is 465 g/mol. The fourth-order valence-corrected chi connectivity index (χ4v) is 6.41. The Bertz CT molecular complexity index is 1050. The summed E-state index contributed by atoms with van der Waals surface area (Å²) in [5.41, 5.74) is 6.11. The first kappa shape index (κ1) is 25.9. The van der Waals surface area contributed by atoms with E-state index < -0.39 is 5.97 Å². The summed E-state index contributed by atoms with van der Waals surface area (Å²) < 4.78 is 0. The molecule has 1 aromatic carbocycles. The van der Waals surface area contributed by atoms with Crippen molar-refractivity contribution in [3.05, 3.63) is 68.3 Å². The molecule has 0 aliphatic heterocycles. The molecule has 5 heteroatoms. The summed E-state index contributed by atoms with van der Waals surface area (Å²) in [5.74, 6) is -0.967. The molecule has 0 saturated heterocycles. The van der Waals surface area contributed by atoms with Gasteiger partial charge < -0.3 is 5.11 Å². The predicted octanol–water partition coefficient (Wildman–Crippen LogP) is 7.81. The number of hydrogen-bond acceptors (Lipinski definition) is 3. The average Bonchev–Trinajstić information content (AvgIpc) is 2.81. The SMILES string of the molecule is CCC1(CC)CCC(CC)(CC)c2c1cc1c(c2[N+](=O)[O-])CCCC1=CC=CC(C)=CC(=O)O. The van der Waals surface area contributed by atoms with Crippen LogP contribution in [0.15, 0.2) is 35.9 Å². The van der Waals surface area contributed by atoms with E-state index in [9.17, 15) is 14.9 Å². The lowest BCUT2D eigenvalue weighted by atomic mass is 9.55. The van der Waals surface area contributed by atoms with Crippen LogP contribution in [0.3, 0.4) is 0 Å². The largest absolute Gasteiger partial charge is 0.478 e. The smallest absolute Gasteiger partial charge is 0.328 e. The zero-order valence-corrected chi connectivity index (χ0v) is 21.4. The van der Waals surface area contributed by atoms with Crippen LogP contribution in [0.25, 0.3) is 5.57 Å². The fourth-order valence-electron chi connectivity index (χ4n) is 6.41. The van der Waals surface area contributed by atoms with E-state index in [0.717, 1.165) is 80.1 Å². The first-order valence-corrected chi connectivity index (χ1v) is 12.8. The van der Waals surface area contributed by atoms with Crippen LogP contribution in [0.5, 0.6) is 0 Å². The van der Waals surface area contributed by atoms with Crippen LogP contribution >= 0.6 is 0 Å². The summed E-state index contributed by atoms with van der Waals surface area (Å²) in [6, 6.07) is 2.31. The van der Waals surface area contributed by atoms with Gasteiger partial charge in [0.2, 0.25) is 0 Å². The van der Waals surface area contributed by atoms with Gasteiger partial charge in [-0.1, -0.05) is 45.9 Å². The van der Waals surface area contributed by atoms with Gasteiger partial charge in [0.05, 0.1) is 4.92 Å². The number of aliphatic carboxylic acids is 1. The molecule has 5 nitrogen and oxygen atoms in total. The molecule has 0 fully saturated rings. The van der Waals surface area contributed by atoms with Crippen molar-refractivity contribution in [3.63, 3.8) is 0 Å². The Kier molecular flexibility index (Phi) is 7.84. The van der Waals surface area contributed by atoms with Gasteiger partial charge in [-0.05, 0) is 98.5 Å². The number of carboxylic acid groups (broad SMARTS) is 1. The number of nitro benzene ring substituents is 1. The summed E-state index contributed by atoms with van der Waals surface area (Å²) in [4.78, 5) is 23.5. The number of carboxylic acids is 1. The Morgan fingerprint density at radius 1 is 1.09 bits per heavy atom. The molecule has 0 bridgehead atoms. The van der Waals surface area contributed by atoms with Gasteiger partial charge in [0, 0.05) is 22.6 Å². The third-order valence-corrected chi connectivity index (χ3v) is 8.71. The quantitative estimate of drug-likeness (QED) is 0.184. The van der Waals surface area contributed by atoms with E-state index >= 15 is 0 Å². The Balaban J connectivity index is 2.31. The average molecular weight is 466 g/mol. The van der Waals surface area contributed by atoms with Crippen molar-refractivity contribution in [2.24, 2.45) is 0 Å². The van der Waals surface area contributed by atoms with Crippen LogP contribution in [-0.2, 0) is 22.0 Å². The van der Waals surface area contributed by atoms with Crippen LogP contribution in [0.2, 0.25) is 0 Å². The highest BCUT2D eigenvalue weighted by molar-refractivity contribution is 5.81. The van der Waals surface area contributed by atoms with Gasteiger partial charge >= 0.3 is 5.97 Å². The summed E-state index contributed by atoms with van der Waals surface area (Å²) in [6.45, 7) is 10.6. The number of hydrogen-bond donors (Lipinski definition) is 1. The molecule has 0 spiro atoms. The Hall–Kier alpha value is -2.69. The normalized spacial score (nSPS) is 20.3. The molecule has 0 saturated carbocycles. The highest BCUT2D eigenvalue weighted by atomic mass is 16.6. The Morgan fingerprint density at radius 2 is 1.71 bits per heavy atom. The molecule has 0 radical (unpaired) electrons. The predicted molar refractivity (Wildman–Crippen MR) is 138 cm³/mol. The number of benzene rings is 1. The van der Waals surface area contributed by atoms with Gasteiger partial charge in [-0.3, -0.25) is 10.1 Å². The van der Waals surface area contributed by atoms with E-state index in [1.807, 2.05) is 12.2 Å². The van der Waals surface area contributed by atoms with Crippen LogP contribution < -0.4 is 0 Å². The number of rotatable bonds is 8. The second-order valence-corrected chi connectivity index (χ2v) is 10.0. The standard InChI is InChI=1S/C29H39NO4/c1-6-28(7-2)16-17-29(8-3,9-4)26-24(28)19-23-21(13-10-12-20(5)18-25(31)32)14-11-15-22(23)27(26)30(33)34/h10,12-13,18-19H,6-9,11,14-17H2,1-5H3,(H,31,32). The second kappa shape index (κ2) is 10.3. The minimum atomic E-state index is -0.967. The molecule has 0 aromatic heterocycles. The lowest BCUT2D eigenvalue weighted by Gasteiger charge is -2.48. The van der Waals surface area contributed by atoms with Crippen molar-refractivity contribution in [2.75, 3.05) is 0 Å². The molecule has 0 heterocycles. The molecule has 0 atom stereocenters. The molecule has 2 aliphatic carbocycles. The van der Waals surface area contributed by atoms with Gasteiger partial charge in [0.15, 0.2) is 0 Å². The van der Waals surface area contributed by atoms with Gasteiger partial charge in [0.1, 0.15) is 0 Å². The summed E-state index contributed by atoms with van der Waals surface area (Å²) >= 11 is 0. The number of nitrogens with zero attached hydrogens (tertiary/aromatic N) is 1. The zero-order valence-electron chi connectivity index (χ0n) is 21.4. The Labute approximate surface area is 203 Å². The maximum atomic E-state index is 12.7. The van der Waals surface area contributed by atoms with E-state index in [4.69, 9.17) is 5.11 Å².